The minimum Gasteiger partial charge on any atom is -0.344 e. The van der Waals surface area contributed by atoms with Gasteiger partial charge >= 0.3 is 0 Å². The molecule has 0 spiro atoms. The van der Waals surface area contributed by atoms with Crippen LogP contribution in [0.3, 0.4) is 0 Å². The summed E-state index contributed by atoms with van der Waals surface area (Å²) in [5.74, 6) is 1.22. The van der Waals surface area contributed by atoms with E-state index in [1.54, 1.807) is 11.8 Å². The van der Waals surface area contributed by atoms with Gasteiger partial charge < -0.3 is 10.6 Å². The Bertz CT molecular complexity index is 235. The Morgan fingerprint density at radius 3 is 2.80 bits per heavy atom. The molecule has 1 saturated carbocycles. The van der Waals surface area contributed by atoms with E-state index in [-0.39, 0.29) is 17.4 Å². The average Bonchev–Trinajstić information content (AvgIpc) is 2.56. The maximum Gasteiger partial charge on any atom is 0.229 e. The number of rotatable bonds is 4. The van der Waals surface area contributed by atoms with Gasteiger partial charge in [-0.25, -0.2) is 0 Å². The molecule has 0 aliphatic heterocycles. The zero-order valence-electron chi connectivity index (χ0n) is 9.95. The second kappa shape index (κ2) is 5.21. The van der Waals surface area contributed by atoms with Gasteiger partial charge in [-0.15, -0.1) is 0 Å². The molecule has 0 heterocycles. The monoisotopic (exact) mass is 230 g/mol. The van der Waals surface area contributed by atoms with Crippen LogP contribution in [0.1, 0.15) is 26.2 Å². The van der Waals surface area contributed by atoms with Gasteiger partial charge in [0.2, 0.25) is 5.91 Å². The van der Waals surface area contributed by atoms with Crippen molar-refractivity contribution in [1.29, 1.82) is 0 Å². The predicted octanol–water partition coefficient (Wildman–Crippen LogP) is 1.33. The lowest BCUT2D eigenvalue weighted by Gasteiger charge is -2.32. The van der Waals surface area contributed by atoms with E-state index in [0.717, 1.165) is 31.6 Å². The molecule has 1 amide bonds. The van der Waals surface area contributed by atoms with Crippen LogP contribution in [0.15, 0.2) is 0 Å². The van der Waals surface area contributed by atoms with Gasteiger partial charge in [-0.1, -0.05) is 6.42 Å². The minimum absolute atomic E-state index is 0.0433. The molecule has 0 saturated heterocycles. The van der Waals surface area contributed by atoms with Crippen LogP contribution in [-0.2, 0) is 4.79 Å². The topological polar surface area (TPSA) is 46.3 Å². The van der Waals surface area contributed by atoms with Crippen molar-refractivity contribution in [1.82, 2.24) is 4.90 Å². The minimum atomic E-state index is -0.312. The molecule has 2 atom stereocenters. The number of carbonyl (C=O) groups excluding carboxylic acids is 1. The van der Waals surface area contributed by atoms with Crippen LogP contribution in [0.2, 0.25) is 0 Å². The van der Waals surface area contributed by atoms with Crippen molar-refractivity contribution >= 4 is 17.7 Å². The lowest BCUT2D eigenvalue weighted by molar-refractivity contribution is -0.139. The van der Waals surface area contributed by atoms with E-state index in [9.17, 15) is 4.79 Å². The SMILES string of the molecule is CSCCN(C)C(=O)C1(C)CCCC1N. The molecule has 0 radical (unpaired) electrons. The normalized spacial score (nSPS) is 30.5. The summed E-state index contributed by atoms with van der Waals surface area (Å²) in [7, 11) is 1.88. The number of amides is 1. The predicted molar refractivity (Wildman–Crippen MR) is 66.0 cm³/mol. The lowest BCUT2D eigenvalue weighted by Crippen LogP contribution is -2.48. The van der Waals surface area contributed by atoms with Crippen molar-refractivity contribution in [2.45, 2.75) is 32.2 Å². The van der Waals surface area contributed by atoms with Crippen LogP contribution in [0, 0.1) is 5.41 Å². The first-order valence-electron chi connectivity index (χ1n) is 5.52. The van der Waals surface area contributed by atoms with Crippen molar-refractivity contribution in [2.75, 3.05) is 25.6 Å². The molecule has 1 aliphatic carbocycles. The highest BCUT2D eigenvalue weighted by Crippen LogP contribution is 2.38. The highest BCUT2D eigenvalue weighted by molar-refractivity contribution is 7.98. The third kappa shape index (κ3) is 2.67. The van der Waals surface area contributed by atoms with Crippen molar-refractivity contribution in [3.05, 3.63) is 0 Å². The fourth-order valence-corrected chi connectivity index (χ4v) is 2.68. The third-order valence-corrected chi connectivity index (χ3v) is 4.09. The highest BCUT2D eigenvalue weighted by atomic mass is 32.2. The molecule has 0 bridgehead atoms. The third-order valence-electron chi connectivity index (χ3n) is 3.50. The molecule has 2 N–H and O–H groups in total. The van der Waals surface area contributed by atoms with E-state index in [1.165, 1.54) is 0 Å². The molecule has 1 fully saturated rings. The number of nitrogens with zero attached hydrogens (tertiary/aromatic N) is 1. The van der Waals surface area contributed by atoms with Gasteiger partial charge in [0, 0.05) is 25.4 Å². The van der Waals surface area contributed by atoms with Gasteiger partial charge in [-0.2, -0.15) is 11.8 Å². The van der Waals surface area contributed by atoms with Crippen molar-refractivity contribution in [3.8, 4) is 0 Å². The van der Waals surface area contributed by atoms with Crippen LogP contribution >= 0.6 is 11.8 Å². The van der Waals surface area contributed by atoms with E-state index >= 15 is 0 Å². The fourth-order valence-electron chi connectivity index (χ4n) is 2.22. The smallest absolute Gasteiger partial charge is 0.229 e. The number of nitrogens with two attached hydrogens (primary N) is 1. The molecule has 0 aromatic heterocycles. The molecule has 1 aliphatic rings. The molecule has 88 valence electrons. The summed E-state index contributed by atoms with van der Waals surface area (Å²) in [6.45, 7) is 2.84. The molecule has 0 aromatic rings. The Labute approximate surface area is 96.8 Å². The first-order valence-corrected chi connectivity index (χ1v) is 6.92. The standard InChI is InChI=1S/C11H22N2OS/c1-11(6-4-5-9(11)12)10(14)13(2)7-8-15-3/h9H,4-8,12H2,1-3H3. The maximum absolute atomic E-state index is 12.2. The fraction of sp³-hybridized carbons (Fsp3) is 0.909. The molecule has 1 rings (SSSR count). The van der Waals surface area contributed by atoms with Gasteiger partial charge in [0.05, 0.1) is 5.41 Å². The number of hydrogen-bond acceptors (Lipinski definition) is 3. The second-order valence-corrected chi connectivity index (χ2v) is 5.62. The number of thioether (sulfide) groups is 1. The summed E-state index contributed by atoms with van der Waals surface area (Å²) in [5.41, 5.74) is 5.72. The Balaban J connectivity index is 2.58. The first-order chi connectivity index (χ1) is 7.02. The molecule has 3 nitrogen and oxygen atoms in total. The summed E-state index contributed by atoms with van der Waals surface area (Å²) < 4.78 is 0. The van der Waals surface area contributed by atoms with Crippen LogP contribution in [0.4, 0.5) is 0 Å². The van der Waals surface area contributed by atoms with E-state index in [1.807, 2.05) is 18.9 Å². The van der Waals surface area contributed by atoms with Crippen molar-refractivity contribution in [3.63, 3.8) is 0 Å². The number of carbonyl (C=O) groups is 1. The molecule has 2 unspecified atom stereocenters. The largest absolute Gasteiger partial charge is 0.344 e. The summed E-state index contributed by atoms with van der Waals surface area (Å²) >= 11 is 1.76. The number of hydrogen-bond donors (Lipinski definition) is 1. The van der Waals surface area contributed by atoms with Gasteiger partial charge in [-0.3, -0.25) is 4.79 Å². The van der Waals surface area contributed by atoms with Crippen molar-refractivity contribution in [2.24, 2.45) is 11.1 Å². The summed E-state index contributed by atoms with van der Waals surface area (Å²) in [5, 5.41) is 0. The Morgan fingerprint density at radius 2 is 2.33 bits per heavy atom. The quantitative estimate of drug-likeness (QED) is 0.792. The van der Waals surface area contributed by atoms with E-state index in [0.29, 0.717) is 0 Å². The Kier molecular flexibility index (Phi) is 4.46. The van der Waals surface area contributed by atoms with Gasteiger partial charge in [0.25, 0.3) is 0 Å². The summed E-state index contributed by atoms with van der Waals surface area (Å²) in [4.78, 5) is 14.1. The second-order valence-electron chi connectivity index (χ2n) is 4.64. The Hall–Kier alpha value is -0.220. The van der Waals surface area contributed by atoms with Crippen LogP contribution in [0.5, 0.6) is 0 Å². The average molecular weight is 230 g/mol. The molecule has 4 heteroatoms. The maximum atomic E-state index is 12.2. The van der Waals surface area contributed by atoms with Gasteiger partial charge in [0.15, 0.2) is 0 Å². The van der Waals surface area contributed by atoms with Crippen LogP contribution in [-0.4, -0.2) is 42.4 Å². The zero-order chi connectivity index (χ0) is 11.5. The summed E-state index contributed by atoms with van der Waals surface area (Å²) in [6, 6.07) is 0.0433. The van der Waals surface area contributed by atoms with E-state index in [4.69, 9.17) is 5.73 Å². The molecular weight excluding hydrogens is 208 g/mol. The van der Waals surface area contributed by atoms with Crippen molar-refractivity contribution < 1.29 is 4.79 Å². The van der Waals surface area contributed by atoms with E-state index < -0.39 is 0 Å². The Morgan fingerprint density at radius 1 is 1.67 bits per heavy atom. The van der Waals surface area contributed by atoms with E-state index in [2.05, 4.69) is 6.26 Å². The zero-order valence-corrected chi connectivity index (χ0v) is 10.8. The lowest BCUT2D eigenvalue weighted by atomic mass is 9.83. The summed E-state index contributed by atoms with van der Waals surface area (Å²) in [6.07, 6.45) is 5.07. The highest BCUT2D eigenvalue weighted by Gasteiger charge is 2.44. The first kappa shape index (κ1) is 12.8. The molecule has 0 aromatic carbocycles. The van der Waals surface area contributed by atoms with Gasteiger partial charge in [0.1, 0.15) is 0 Å². The molecule has 15 heavy (non-hydrogen) atoms. The van der Waals surface area contributed by atoms with Crippen LogP contribution < -0.4 is 5.73 Å². The van der Waals surface area contributed by atoms with Crippen LogP contribution in [0.25, 0.3) is 0 Å². The van der Waals surface area contributed by atoms with Gasteiger partial charge in [-0.05, 0) is 26.0 Å². The molecular formula is C11H22N2OS.